The first-order valence-corrected chi connectivity index (χ1v) is 9.00. The van der Waals surface area contributed by atoms with Crippen LogP contribution in [0, 0.1) is 0 Å². The number of hydrogen-bond donors (Lipinski definition) is 1. The van der Waals surface area contributed by atoms with Crippen LogP contribution in [0.15, 0.2) is 36.1 Å². The summed E-state index contributed by atoms with van der Waals surface area (Å²) in [5.74, 6) is -0.570. The minimum absolute atomic E-state index is 0.000976. The quantitative estimate of drug-likeness (QED) is 0.490. The molecule has 0 saturated heterocycles. The minimum Gasteiger partial charge on any atom is -0.493 e. The highest BCUT2D eigenvalue weighted by Crippen LogP contribution is 2.37. The molecule has 1 aromatic carbocycles. The van der Waals surface area contributed by atoms with Crippen LogP contribution in [-0.4, -0.2) is 46.4 Å². The van der Waals surface area contributed by atoms with Gasteiger partial charge in [-0.1, -0.05) is 13.5 Å². The maximum atomic E-state index is 12.5. The van der Waals surface area contributed by atoms with Gasteiger partial charge < -0.3 is 14.6 Å². The summed E-state index contributed by atoms with van der Waals surface area (Å²) in [6.07, 6.45) is 2.94. The van der Waals surface area contributed by atoms with Crippen LogP contribution in [0.4, 0.5) is 0 Å². The molecule has 1 unspecified atom stereocenters. The molecule has 6 heteroatoms. The Morgan fingerprint density at radius 3 is 2.63 bits per heavy atom. The van der Waals surface area contributed by atoms with E-state index in [1.54, 1.807) is 7.11 Å². The van der Waals surface area contributed by atoms with Gasteiger partial charge in [-0.25, -0.2) is 4.79 Å². The highest BCUT2D eigenvalue weighted by atomic mass is 16.5. The van der Waals surface area contributed by atoms with Crippen molar-refractivity contribution in [2.75, 3.05) is 7.11 Å². The first kappa shape index (κ1) is 18.9. The summed E-state index contributed by atoms with van der Waals surface area (Å²) in [4.78, 5) is 24.0. The van der Waals surface area contributed by atoms with Crippen LogP contribution in [0.5, 0.6) is 11.5 Å². The van der Waals surface area contributed by atoms with Gasteiger partial charge in [0, 0.05) is 12.8 Å². The van der Waals surface area contributed by atoms with Crippen LogP contribution in [0.2, 0.25) is 0 Å². The maximum Gasteiger partial charge on any atom is 0.345 e. The Morgan fingerprint density at radius 2 is 2.07 bits per heavy atom. The molecule has 1 N–H and O–H groups in total. The lowest BCUT2D eigenvalue weighted by molar-refractivity contribution is -0.502. The predicted molar refractivity (Wildman–Crippen MR) is 101 cm³/mol. The summed E-state index contributed by atoms with van der Waals surface area (Å²) in [5.41, 5.74) is 2.44. The van der Waals surface area contributed by atoms with Crippen molar-refractivity contribution in [1.82, 2.24) is 0 Å². The van der Waals surface area contributed by atoms with Gasteiger partial charge in [0.15, 0.2) is 29.3 Å². The molecule has 3 rings (SSSR count). The van der Waals surface area contributed by atoms with Crippen molar-refractivity contribution >= 4 is 17.5 Å². The molecule has 1 atom stereocenters. The Balaban J connectivity index is 2.25. The zero-order valence-electron chi connectivity index (χ0n) is 16.0. The SMILES string of the molecule is C=C1C(=O)C(C(=O)O)=C[N+]2=C1c1cc(OC)c(OC(C)C)cc1CC2CC. The first-order chi connectivity index (χ1) is 12.8. The largest absolute Gasteiger partial charge is 0.493 e. The van der Waals surface area contributed by atoms with Gasteiger partial charge >= 0.3 is 5.97 Å². The number of nitrogens with zero attached hydrogens (tertiary/aromatic N) is 1. The number of methoxy groups -OCH3 is 1. The third-order valence-corrected chi connectivity index (χ3v) is 4.89. The number of rotatable bonds is 5. The molecule has 0 radical (unpaired) electrons. The summed E-state index contributed by atoms with van der Waals surface area (Å²) >= 11 is 0. The van der Waals surface area contributed by atoms with E-state index >= 15 is 0 Å². The minimum atomic E-state index is -1.24. The number of carboxylic acid groups (broad SMARTS) is 1. The van der Waals surface area contributed by atoms with Crippen LogP contribution < -0.4 is 9.47 Å². The van der Waals surface area contributed by atoms with Gasteiger partial charge in [-0.05, 0) is 31.5 Å². The molecule has 0 spiro atoms. The highest BCUT2D eigenvalue weighted by Gasteiger charge is 2.42. The molecule has 2 aliphatic heterocycles. The van der Waals surface area contributed by atoms with E-state index in [-0.39, 0.29) is 23.3 Å². The van der Waals surface area contributed by atoms with Gasteiger partial charge in [-0.2, -0.15) is 4.58 Å². The molecule has 2 aliphatic rings. The summed E-state index contributed by atoms with van der Waals surface area (Å²) in [7, 11) is 1.57. The molecular weight excluding hydrogens is 346 g/mol. The number of hydrogen-bond acceptors (Lipinski definition) is 4. The third kappa shape index (κ3) is 3.16. The monoisotopic (exact) mass is 370 g/mol. The third-order valence-electron chi connectivity index (χ3n) is 4.89. The topological polar surface area (TPSA) is 75.8 Å². The number of ketones is 1. The number of aliphatic carboxylic acids is 1. The standard InChI is InChI=1S/C21H23NO5/c1-6-14-7-13-8-18(27-11(2)3)17(26-5)9-15(13)19-12(4)20(23)16(21(24)25)10-22(14)19/h8-11,14H,4,6-7H2,1-3,5H3/p+1. The van der Waals surface area contributed by atoms with Crippen molar-refractivity contribution in [1.29, 1.82) is 0 Å². The average molecular weight is 370 g/mol. The van der Waals surface area contributed by atoms with E-state index in [0.717, 1.165) is 17.5 Å². The normalized spacial score (nSPS) is 18.9. The van der Waals surface area contributed by atoms with E-state index < -0.39 is 11.8 Å². The molecule has 0 fully saturated rings. The molecule has 1 aromatic rings. The predicted octanol–water partition coefficient (Wildman–Crippen LogP) is 2.73. The van der Waals surface area contributed by atoms with Crippen LogP contribution in [0.3, 0.4) is 0 Å². The summed E-state index contributed by atoms with van der Waals surface area (Å²) in [6, 6.07) is 3.83. The van der Waals surface area contributed by atoms with Crippen LogP contribution in [-0.2, 0) is 16.0 Å². The number of fused-ring (bicyclic) bond motifs is 2. The van der Waals surface area contributed by atoms with E-state index in [1.165, 1.54) is 6.20 Å². The van der Waals surface area contributed by atoms with Crippen molar-refractivity contribution in [2.24, 2.45) is 0 Å². The first-order valence-electron chi connectivity index (χ1n) is 9.00. The number of carboxylic acids is 1. The second-order valence-corrected chi connectivity index (χ2v) is 7.00. The number of ether oxygens (including phenoxy) is 2. The highest BCUT2D eigenvalue weighted by molar-refractivity contribution is 6.37. The fraction of sp³-hybridized carbons (Fsp3) is 0.381. The second kappa shape index (κ2) is 7.02. The number of carbonyl (C=O) groups is 2. The lowest BCUT2D eigenvalue weighted by atomic mass is 9.84. The average Bonchev–Trinajstić information content (AvgIpc) is 2.62. The van der Waals surface area contributed by atoms with Gasteiger partial charge in [0.25, 0.3) is 0 Å². The zero-order valence-corrected chi connectivity index (χ0v) is 16.0. The van der Waals surface area contributed by atoms with E-state index in [9.17, 15) is 14.7 Å². The van der Waals surface area contributed by atoms with Gasteiger partial charge in [-0.3, -0.25) is 4.79 Å². The number of Topliss-reactive ketones (excluding diaryl/α,β-unsaturated/α-hetero) is 1. The molecular formula is C21H24NO5+. The van der Waals surface area contributed by atoms with E-state index in [2.05, 4.69) is 6.58 Å². The van der Waals surface area contributed by atoms with Gasteiger partial charge in [0.05, 0.1) is 24.4 Å². The zero-order chi connectivity index (χ0) is 19.9. The lowest BCUT2D eigenvalue weighted by Gasteiger charge is -2.27. The van der Waals surface area contributed by atoms with Crippen molar-refractivity contribution in [3.63, 3.8) is 0 Å². The fourth-order valence-corrected chi connectivity index (χ4v) is 3.62. The van der Waals surface area contributed by atoms with Gasteiger partial charge in [-0.15, -0.1) is 0 Å². The molecule has 0 bridgehead atoms. The Kier molecular flexibility index (Phi) is 4.91. The Hall–Kier alpha value is -2.89. The molecule has 142 valence electrons. The number of carbonyl (C=O) groups excluding carboxylic acids is 1. The van der Waals surface area contributed by atoms with Gasteiger partial charge in [0.2, 0.25) is 11.5 Å². The van der Waals surface area contributed by atoms with Crippen molar-refractivity contribution in [2.45, 2.75) is 45.8 Å². The summed E-state index contributed by atoms with van der Waals surface area (Å²) in [5, 5.41) is 9.37. The van der Waals surface area contributed by atoms with Crippen molar-refractivity contribution in [3.8, 4) is 11.5 Å². The van der Waals surface area contributed by atoms with E-state index in [4.69, 9.17) is 9.47 Å². The molecule has 2 heterocycles. The van der Waals surface area contributed by atoms with Gasteiger partial charge in [0.1, 0.15) is 0 Å². The lowest BCUT2D eigenvalue weighted by Crippen LogP contribution is -2.41. The van der Waals surface area contributed by atoms with Crippen LogP contribution >= 0.6 is 0 Å². The molecule has 27 heavy (non-hydrogen) atoms. The summed E-state index contributed by atoms with van der Waals surface area (Å²) in [6.45, 7) is 9.84. The summed E-state index contributed by atoms with van der Waals surface area (Å²) < 4.78 is 13.2. The Bertz CT molecular complexity index is 907. The molecule has 0 aliphatic carbocycles. The van der Waals surface area contributed by atoms with E-state index in [0.29, 0.717) is 23.6 Å². The second-order valence-electron chi connectivity index (χ2n) is 7.00. The molecule has 0 aromatic heterocycles. The van der Waals surface area contributed by atoms with E-state index in [1.807, 2.05) is 37.5 Å². The molecule has 0 saturated carbocycles. The smallest absolute Gasteiger partial charge is 0.345 e. The fourth-order valence-electron chi connectivity index (χ4n) is 3.62. The van der Waals surface area contributed by atoms with Crippen molar-refractivity contribution < 1.29 is 28.7 Å². The molecule has 0 amide bonds. The number of benzene rings is 1. The van der Waals surface area contributed by atoms with Crippen LogP contribution in [0.25, 0.3) is 0 Å². The number of allylic oxidation sites excluding steroid dienone is 1. The van der Waals surface area contributed by atoms with Crippen LogP contribution in [0.1, 0.15) is 38.3 Å². The maximum absolute atomic E-state index is 12.5. The van der Waals surface area contributed by atoms with Crippen molar-refractivity contribution in [3.05, 3.63) is 47.2 Å². The molecule has 6 nitrogen and oxygen atoms in total. The Labute approximate surface area is 158 Å². The Morgan fingerprint density at radius 1 is 1.37 bits per heavy atom.